The van der Waals surface area contributed by atoms with E-state index >= 15 is 0 Å². The van der Waals surface area contributed by atoms with E-state index in [0.29, 0.717) is 6.04 Å². The van der Waals surface area contributed by atoms with Crippen molar-refractivity contribution in [2.45, 2.75) is 26.3 Å². The van der Waals surface area contributed by atoms with E-state index in [-0.39, 0.29) is 0 Å². The lowest BCUT2D eigenvalue weighted by molar-refractivity contribution is 0.585. The van der Waals surface area contributed by atoms with E-state index in [1.807, 2.05) is 31.5 Å². The maximum Gasteiger partial charge on any atom is 0.0578 e. The van der Waals surface area contributed by atoms with Gasteiger partial charge in [0, 0.05) is 18.4 Å². The minimum Gasteiger partial charge on any atom is -0.303 e. The summed E-state index contributed by atoms with van der Waals surface area (Å²) in [6.07, 6.45) is 4.68. The van der Waals surface area contributed by atoms with Gasteiger partial charge in [0.2, 0.25) is 0 Å². The van der Waals surface area contributed by atoms with Gasteiger partial charge in [0.05, 0.1) is 6.54 Å². The zero-order valence-electron chi connectivity index (χ0n) is 8.75. The SMILES string of the molecule is CC#CCNC(C)Cc1ccncc1. The van der Waals surface area contributed by atoms with Gasteiger partial charge < -0.3 is 5.32 Å². The molecule has 0 fully saturated rings. The average Bonchev–Trinajstić information content (AvgIpc) is 2.20. The Kier molecular flexibility index (Phi) is 4.74. The van der Waals surface area contributed by atoms with Crippen LogP contribution in [0.3, 0.4) is 0 Å². The van der Waals surface area contributed by atoms with Crippen LogP contribution in [0.1, 0.15) is 19.4 Å². The fourth-order valence-electron chi connectivity index (χ4n) is 1.26. The number of rotatable bonds is 4. The first-order chi connectivity index (χ1) is 6.83. The molecule has 2 nitrogen and oxygen atoms in total. The molecule has 0 radical (unpaired) electrons. The zero-order chi connectivity index (χ0) is 10.2. The first-order valence-electron chi connectivity index (χ1n) is 4.85. The summed E-state index contributed by atoms with van der Waals surface area (Å²) < 4.78 is 0. The number of hydrogen-bond acceptors (Lipinski definition) is 2. The van der Waals surface area contributed by atoms with Gasteiger partial charge in [-0.2, -0.15) is 0 Å². The van der Waals surface area contributed by atoms with Gasteiger partial charge in [-0.05, 0) is 38.0 Å². The minimum absolute atomic E-state index is 0.457. The van der Waals surface area contributed by atoms with Crippen molar-refractivity contribution in [1.29, 1.82) is 0 Å². The van der Waals surface area contributed by atoms with Crippen LogP contribution in [-0.4, -0.2) is 17.6 Å². The molecule has 0 bridgehead atoms. The highest BCUT2D eigenvalue weighted by Gasteiger charge is 2.00. The highest BCUT2D eigenvalue weighted by molar-refractivity contribution is 5.11. The molecule has 0 aliphatic heterocycles. The van der Waals surface area contributed by atoms with E-state index in [1.165, 1.54) is 5.56 Å². The molecule has 14 heavy (non-hydrogen) atoms. The van der Waals surface area contributed by atoms with Crippen molar-refractivity contribution in [2.24, 2.45) is 0 Å². The molecule has 0 saturated carbocycles. The van der Waals surface area contributed by atoms with Gasteiger partial charge in [0.1, 0.15) is 0 Å². The lowest BCUT2D eigenvalue weighted by Gasteiger charge is -2.11. The molecule has 1 N–H and O–H groups in total. The molecular weight excluding hydrogens is 172 g/mol. The van der Waals surface area contributed by atoms with Gasteiger partial charge in [0.15, 0.2) is 0 Å². The van der Waals surface area contributed by atoms with Gasteiger partial charge in [-0.15, -0.1) is 5.92 Å². The molecule has 0 aliphatic carbocycles. The van der Waals surface area contributed by atoms with E-state index in [9.17, 15) is 0 Å². The Hall–Kier alpha value is -1.33. The second-order valence-corrected chi connectivity index (χ2v) is 3.27. The summed E-state index contributed by atoms with van der Waals surface area (Å²) in [7, 11) is 0. The largest absolute Gasteiger partial charge is 0.303 e. The molecule has 1 aromatic rings. The van der Waals surface area contributed by atoms with Crippen molar-refractivity contribution in [3.63, 3.8) is 0 Å². The van der Waals surface area contributed by atoms with E-state index in [4.69, 9.17) is 0 Å². The molecule has 0 aliphatic rings. The molecule has 1 aromatic heterocycles. The highest BCUT2D eigenvalue weighted by Crippen LogP contribution is 2.00. The van der Waals surface area contributed by atoms with E-state index in [0.717, 1.165) is 13.0 Å². The monoisotopic (exact) mass is 188 g/mol. The molecule has 1 heterocycles. The maximum atomic E-state index is 3.99. The molecule has 2 heteroatoms. The number of nitrogens with zero attached hydrogens (tertiary/aromatic N) is 1. The number of hydrogen-bond donors (Lipinski definition) is 1. The van der Waals surface area contributed by atoms with Crippen LogP contribution in [-0.2, 0) is 6.42 Å². The van der Waals surface area contributed by atoms with Gasteiger partial charge in [-0.25, -0.2) is 0 Å². The van der Waals surface area contributed by atoms with E-state index < -0.39 is 0 Å². The van der Waals surface area contributed by atoms with Crippen molar-refractivity contribution < 1.29 is 0 Å². The molecule has 0 aromatic carbocycles. The van der Waals surface area contributed by atoms with Crippen molar-refractivity contribution in [2.75, 3.05) is 6.54 Å². The summed E-state index contributed by atoms with van der Waals surface area (Å²) in [6.45, 7) is 4.79. The third-order valence-electron chi connectivity index (χ3n) is 2.01. The lowest BCUT2D eigenvalue weighted by Crippen LogP contribution is -2.28. The summed E-state index contributed by atoms with van der Waals surface area (Å²) in [6, 6.07) is 4.55. The summed E-state index contributed by atoms with van der Waals surface area (Å²) in [5.41, 5.74) is 1.31. The lowest BCUT2D eigenvalue weighted by atomic mass is 10.1. The molecule has 1 atom stereocenters. The Morgan fingerprint density at radius 3 is 2.79 bits per heavy atom. The molecule has 74 valence electrons. The molecule has 1 unspecified atom stereocenters. The highest BCUT2D eigenvalue weighted by atomic mass is 14.9. The number of nitrogens with one attached hydrogen (secondary N) is 1. The van der Waals surface area contributed by atoms with Crippen LogP contribution in [0.25, 0.3) is 0 Å². The number of aromatic nitrogens is 1. The Balaban J connectivity index is 2.33. The molecule has 0 amide bonds. The van der Waals surface area contributed by atoms with Crippen molar-refractivity contribution in [1.82, 2.24) is 10.3 Å². The average molecular weight is 188 g/mol. The van der Waals surface area contributed by atoms with Crippen molar-refractivity contribution >= 4 is 0 Å². The third-order valence-corrected chi connectivity index (χ3v) is 2.01. The van der Waals surface area contributed by atoms with Crippen LogP contribution in [0.15, 0.2) is 24.5 Å². The zero-order valence-corrected chi connectivity index (χ0v) is 8.75. The summed E-state index contributed by atoms with van der Waals surface area (Å²) in [5, 5.41) is 3.34. The van der Waals surface area contributed by atoms with Crippen LogP contribution in [0.4, 0.5) is 0 Å². The van der Waals surface area contributed by atoms with Gasteiger partial charge in [-0.1, -0.05) is 5.92 Å². The second kappa shape index (κ2) is 6.17. The fraction of sp³-hybridized carbons (Fsp3) is 0.417. The van der Waals surface area contributed by atoms with Crippen LogP contribution in [0.2, 0.25) is 0 Å². The van der Waals surface area contributed by atoms with Gasteiger partial charge >= 0.3 is 0 Å². The topological polar surface area (TPSA) is 24.9 Å². The fourth-order valence-corrected chi connectivity index (χ4v) is 1.26. The van der Waals surface area contributed by atoms with Crippen molar-refractivity contribution in [3.05, 3.63) is 30.1 Å². The van der Waals surface area contributed by atoms with Gasteiger partial charge in [0.25, 0.3) is 0 Å². The summed E-state index contributed by atoms with van der Waals surface area (Å²) in [4.78, 5) is 3.99. The smallest absolute Gasteiger partial charge is 0.0578 e. The first-order valence-corrected chi connectivity index (χ1v) is 4.85. The Morgan fingerprint density at radius 1 is 1.43 bits per heavy atom. The van der Waals surface area contributed by atoms with Crippen LogP contribution < -0.4 is 5.32 Å². The van der Waals surface area contributed by atoms with E-state index in [1.54, 1.807) is 0 Å². The van der Waals surface area contributed by atoms with E-state index in [2.05, 4.69) is 29.1 Å². The molecule has 0 saturated heterocycles. The van der Waals surface area contributed by atoms with Gasteiger partial charge in [-0.3, -0.25) is 4.98 Å². The summed E-state index contributed by atoms with van der Waals surface area (Å²) >= 11 is 0. The Bertz CT molecular complexity index is 308. The Morgan fingerprint density at radius 2 is 2.14 bits per heavy atom. The molecular formula is C12H16N2. The standard InChI is InChI=1S/C12H16N2/c1-3-4-7-14-11(2)10-12-5-8-13-9-6-12/h5-6,8-9,11,14H,7,10H2,1-2H3. The second-order valence-electron chi connectivity index (χ2n) is 3.27. The summed E-state index contributed by atoms with van der Waals surface area (Å²) in [5.74, 6) is 5.86. The van der Waals surface area contributed by atoms with Crippen molar-refractivity contribution in [3.8, 4) is 11.8 Å². The normalized spacial score (nSPS) is 11.6. The first kappa shape index (κ1) is 10.7. The maximum absolute atomic E-state index is 3.99. The molecule has 0 spiro atoms. The van der Waals surface area contributed by atoms with Crippen LogP contribution >= 0.6 is 0 Å². The Labute approximate surface area is 85.8 Å². The third kappa shape index (κ3) is 4.06. The van der Waals surface area contributed by atoms with Crippen LogP contribution in [0, 0.1) is 11.8 Å². The quantitative estimate of drug-likeness (QED) is 0.726. The molecule has 1 rings (SSSR count). The predicted molar refractivity (Wildman–Crippen MR) is 58.9 cm³/mol. The van der Waals surface area contributed by atoms with Crippen LogP contribution in [0.5, 0.6) is 0 Å². The predicted octanol–water partition coefficient (Wildman–Crippen LogP) is 1.63. The number of pyridine rings is 1. The minimum atomic E-state index is 0.457.